The molecule has 27 heavy (non-hydrogen) atoms. The van der Waals surface area contributed by atoms with Crippen LogP contribution in [0.3, 0.4) is 0 Å². The van der Waals surface area contributed by atoms with Crippen LogP contribution in [0.5, 0.6) is 0 Å². The Morgan fingerprint density at radius 3 is 2.81 bits per heavy atom. The summed E-state index contributed by atoms with van der Waals surface area (Å²) < 4.78 is 20.0. The second-order valence-electron chi connectivity index (χ2n) is 6.53. The maximum Gasteiger partial charge on any atom is 0.417 e. The molecule has 0 fully saturated rings. The van der Waals surface area contributed by atoms with Gasteiger partial charge in [-0.2, -0.15) is 5.10 Å². The molecule has 2 aromatic heterocycles. The van der Waals surface area contributed by atoms with Crippen molar-refractivity contribution in [3.8, 4) is 5.69 Å². The highest BCUT2D eigenvalue weighted by molar-refractivity contribution is 5.72. The molecule has 6 nitrogen and oxygen atoms in total. The van der Waals surface area contributed by atoms with Crippen LogP contribution in [-0.4, -0.2) is 14.8 Å². The Balaban J connectivity index is 1.48. The van der Waals surface area contributed by atoms with E-state index >= 15 is 0 Å². The van der Waals surface area contributed by atoms with Gasteiger partial charge in [-0.3, -0.25) is 4.98 Å². The van der Waals surface area contributed by atoms with Crippen molar-refractivity contribution < 1.29 is 8.81 Å². The van der Waals surface area contributed by atoms with Gasteiger partial charge in [-0.05, 0) is 55.8 Å². The van der Waals surface area contributed by atoms with Crippen LogP contribution >= 0.6 is 0 Å². The summed E-state index contributed by atoms with van der Waals surface area (Å²) in [4.78, 5) is 13.9. The summed E-state index contributed by atoms with van der Waals surface area (Å²) in [6, 6.07) is 11.9. The number of hydrogen-bond donors (Lipinski definition) is 2. The predicted molar refractivity (Wildman–Crippen MR) is 100 cm³/mol. The zero-order valence-corrected chi connectivity index (χ0v) is 15.0. The van der Waals surface area contributed by atoms with E-state index in [0.29, 0.717) is 17.6 Å². The van der Waals surface area contributed by atoms with E-state index in [1.165, 1.54) is 12.1 Å². The van der Waals surface area contributed by atoms with Crippen molar-refractivity contribution in [2.75, 3.05) is 0 Å². The molecule has 2 N–H and O–H groups in total. The number of aromatic amines is 1. The molecule has 0 saturated carbocycles. The van der Waals surface area contributed by atoms with E-state index in [1.807, 2.05) is 38.2 Å². The van der Waals surface area contributed by atoms with Gasteiger partial charge in [0.2, 0.25) is 0 Å². The van der Waals surface area contributed by atoms with Gasteiger partial charge in [-0.25, -0.2) is 13.9 Å². The van der Waals surface area contributed by atoms with Gasteiger partial charge in [-0.15, -0.1) is 0 Å². The van der Waals surface area contributed by atoms with Crippen molar-refractivity contribution in [3.63, 3.8) is 0 Å². The van der Waals surface area contributed by atoms with Crippen LogP contribution < -0.4 is 11.1 Å². The van der Waals surface area contributed by atoms with Gasteiger partial charge in [0.15, 0.2) is 5.58 Å². The molecule has 0 spiro atoms. The lowest BCUT2D eigenvalue weighted by Gasteiger charge is -2.13. The second-order valence-corrected chi connectivity index (χ2v) is 6.53. The van der Waals surface area contributed by atoms with E-state index in [4.69, 9.17) is 4.42 Å². The molecule has 4 rings (SSSR count). The third-order valence-electron chi connectivity index (χ3n) is 4.64. The van der Waals surface area contributed by atoms with Crippen LogP contribution in [0.1, 0.15) is 29.8 Å². The molecular formula is C20H19FN4O2. The molecule has 138 valence electrons. The minimum atomic E-state index is -0.452. The van der Waals surface area contributed by atoms with E-state index in [9.17, 15) is 9.18 Å². The van der Waals surface area contributed by atoms with E-state index in [1.54, 1.807) is 16.8 Å². The molecule has 1 atom stereocenters. The van der Waals surface area contributed by atoms with Crippen molar-refractivity contribution in [2.45, 2.75) is 26.4 Å². The van der Waals surface area contributed by atoms with Crippen molar-refractivity contribution in [1.82, 2.24) is 20.1 Å². The number of benzene rings is 2. The number of nitrogens with one attached hydrogen (secondary N) is 2. The van der Waals surface area contributed by atoms with E-state index in [0.717, 1.165) is 22.5 Å². The molecule has 0 aliphatic heterocycles. The number of hydrogen-bond acceptors (Lipinski definition) is 4. The predicted octanol–water partition coefficient (Wildman–Crippen LogP) is 3.61. The zero-order chi connectivity index (χ0) is 19.0. The average molecular weight is 366 g/mol. The largest absolute Gasteiger partial charge is 0.417 e. The Labute approximate surface area is 154 Å². The summed E-state index contributed by atoms with van der Waals surface area (Å²) >= 11 is 0. The SMILES string of the molecule is Cc1nn(-c2ccc(F)cc2)cc1CNC(C)c1ccc2[nH]c(=O)oc2c1. The number of fused-ring (bicyclic) bond motifs is 1. The molecule has 0 saturated heterocycles. The van der Waals surface area contributed by atoms with Crippen LogP contribution in [0.25, 0.3) is 16.8 Å². The highest BCUT2D eigenvalue weighted by atomic mass is 19.1. The summed E-state index contributed by atoms with van der Waals surface area (Å²) in [6.07, 6.45) is 1.94. The monoisotopic (exact) mass is 366 g/mol. The fourth-order valence-electron chi connectivity index (χ4n) is 3.01. The fraction of sp³-hybridized carbons (Fsp3) is 0.200. The van der Waals surface area contributed by atoms with Gasteiger partial charge in [-0.1, -0.05) is 6.07 Å². The minimum Gasteiger partial charge on any atom is -0.408 e. The standard InChI is InChI=1S/C20H19FN4O2/c1-12(14-3-8-18-19(9-14)27-20(26)23-18)22-10-15-11-25(24-13(15)2)17-6-4-16(21)5-7-17/h3-9,11-12,22H,10H2,1-2H3,(H,23,26). The first-order chi connectivity index (χ1) is 13.0. The lowest BCUT2D eigenvalue weighted by atomic mass is 10.1. The number of aryl methyl sites for hydroxylation is 1. The third kappa shape index (κ3) is 3.54. The van der Waals surface area contributed by atoms with Crippen molar-refractivity contribution >= 4 is 11.1 Å². The number of H-pyrrole nitrogens is 1. The Morgan fingerprint density at radius 2 is 2.04 bits per heavy atom. The summed E-state index contributed by atoms with van der Waals surface area (Å²) in [6.45, 7) is 4.62. The molecule has 0 aliphatic carbocycles. The Morgan fingerprint density at radius 1 is 1.26 bits per heavy atom. The maximum absolute atomic E-state index is 13.1. The first-order valence-corrected chi connectivity index (χ1v) is 8.67. The smallest absolute Gasteiger partial charge is 0.408 e. The van der Waals surface area contributed by atoms with Gasteiger partial charge >= 0.3 is 5.76 Å². The molecule has 0 bridgehead atoms. The summed E-state index contributed by atoms with van der Waals surface area (Å²) in [5, 5.41) is 7.96. The van der Waals surface area contributed by atoms with Crippen LogP contribution in [-0.2, 0) is 6.54 Å². The number of nitrogens with zero attached hydrogens (tertiary/aromatic N) is 2. The normalized spacial score (nSPS) is 12.6. The molecular weight excluding hydrogens is 347 g/mol. The number of aromatic nitrogens is 3. The average Bonchev–Trinajstić information content (AvgIpc) is 3.21. The van der Waals surface area contributed by atoms with Crippen LogP contribution in [0, 0.1) is 12.7 Å². The molecule has 2 aromatic carbocycles. The van der Waals surface area contributed by atoms with Gasteiger partial charge in [0.25, 0.3) is 0 Å². The summed E-state index contributed by atoms with van der Waals surface area (Å²) in [7, 11) is 0. The molecule has 0 radical (unpaired) electrons. The lowest BCUT2D eigenvalue weighted by molar-refractivity contribution is 0.550. The number of rotatable bonds is 5. The molecule has 7 heteroatoms. The first-order valence-electron chi connectivity index (χ1n) is 8.67. The summed E-state index contributed by atoms with van der Waals surface area (Å²) in [5.74, 6) is -0.722. The Bertz CT molecular complexity index is 1140. The summed E-state index contributed by atoms with van der Waals surface area (Å²) in [5.41, 5.74) is 5.03. The van der Waals surface area contributed by atoms with Crippen molar-refractivity contribution in [1.29, 1.82) is 0 Å². The van der Waals surface area contributed by atoms with Gasteiger partial charge < -0.3 is 9.73 Å². The molecule has 0 amide bonds. The van der Waals surface area contributed by atoms with Crippen molar-refractivity contribution in [2.24, 2.45) is 0 Å². The lowest BCUT2D eigenvalue weighted by Crippen LogP contribution is -2.18. The number of oxazole rings is 1. The van der Waals surface area contributed by atoms with E-state index in [2.05, 4.69) is 15.4 Å². The van der Waals surface area contributed by atoms with E-state index < -0.39 is 5.76 Å². The van der Waals surface area contributed by atoms with Crippen LogP contribution in [0.4, 0.5) is 4.39 Å². The Hall–Kier alpha value is -3.19. The molecule has 0 aliphatic rings. The number of halogens is 1. The molecule has 2 heterocycles. The topological polar surface area (TPSA) is 75.8 Å². The molecule has 4 aromatic rings. The van der Waals surface area contributed by atoms with E-state index in [-0.39, 0.29) is 11.9 Å². The van der Waals surface area contributed by atoms with Gasteiger partial charge in [0.05, 0.1) is 16.9 Å². The molecule has 1 unspecified atom stereocenters. The highest BCUT2D eigenvalue weighted by Crippen LogP contribution is 2.19. The van der Waals surface area contributed by atoms with Crippen LogP contribution in [0.2, 0.25) is 0 Å². The first kappa shape index (κ1) is 17.2. The highest BCUT2D eigenvalue weighted by Gasteiger charge is 2.11. The Kier molecular flexibility index (Phi) is 4.37. The van der Waals surface area contributed by atoms with Crippen molar-refractivity contribution in [3.05, 3.63) is 81.9 Å². The quantitative estimate of drug-likeness (QED) is 0.566. The fourth-order valence-corrected chi connectivity index (χ4v) is 3.01. The minimum absolute atomic E-state index is 0.0585. The third-order valence-corrected chi connectivity index (χ3v) is 4.64. The van der Waals surface area contributed by atoms with Crippen LogP contribution in [0.15, 0.2) is 57.9 Å². The maximum atomic E-state index is 13.1. The second kappa shape index (κ2) is 6.85. The van der Waals surface area contributed by atoms with Gasteiger partial charge in [0, 0.05) is 24.3 Å². The van der Waals surface area contributed by atoms with Gasteiger partial charge in [0.1, 0.15) is 5.82 Å². The zero-order valence-electron chi connectivity index (χ0n) is 15.0.